The number of rotatable bonds is 4. The Hall–Kier alpha value is -1.56. The van der Waals surface area contributed by atoms with E-state index in [4.69, 9.17) is 9.84 Å². The van der Waals surface area contributed by atoms with Gasteiger partial charge in [0.1, 0.15) is 0 Å². The van der Waals surface area contributed by atoms with E-state index in [1.54, 1.807) is 0 Å². The van der Waals surface area contributed by atoms with Crippen LogP contribution in [0.15, 0.2) is 17.4 Å². The maximum atomic E-state index is 10.3. The highest BCUT2D eigenvalue weighted by molar-refractivity contribution is 7.98. The van der Waals surface area contributed by atoms with E-state index in [2.05, 4.69) is 9.97 Å². The van der Waals surface area contributed by atoms with Crippen LogP contribution in [0.3, 0.4) is 0 Å². The number of carbonyl (C=O) groups is 1. The van der Waals surface area contributed by atoms with Gasteiger partial charge < -0.3 is 9.84 Å². The largest absolute Gasteiger partial charge is 0.480 e. The smallest absolute Gasteiger partial charge is 0.328 e. The molecule has 0 aliphatic heterocycles. The quantitative estimate of drug-likeness (QED) is 0.474. The fourth-order valence-electron chi connectivity index (χ4n) is 0.897. The molecule has 1 aromatic rings. The first-order chi connectivity index (χ1) is 7.17. The molecule has 0 bridgehead atoms. The average molecular weight is 226 g/mol. The first kappa shape index (κ1) is 11.5. The van der Waals surface area contributed by atoms with E-state index in [-0.39, 0.29) is 0 Å². The molecule has 0 saturated heterocycles. The van der Waals surface area contributed by atoms with Crippen LogP contribution in [0.2, 0.25) is 0 Å². The van der Waals surface area contributed by atoms with Crippen molar-refractivity contribution in [3.63, 3.8) is 0 Å². The summed E-state index contributed by atoms with van der Waals surface area (Å²) >= 11 is 1.39. The molecule has 1 rings (SSSR count). The highest BCUT2D eigenvalue weighted by atomic mass is 32.2. The molecule has 15 heavy (non-hydrogen) atoms. The third-order valence-corrected chi connectivity index (χ3v) is 2.10. The van der Waals surface area contributed by atoms with Crippen LogP contribution in [0.25, 0.3) is 6.08 Å². The lowest BCUT2D eigenvalue weighted by molar-refractivity contribution is -0.131. The number of carboxylic acids is 1. The second-order valence-electron chi connectivity index (χ2n) is 2.49. The topological polar surface area (TPSA) is 72.3 Å². The van der Waals surface area contributed by atoms with Crippen LogP contribution < -0.4 is 4.74 Å². The van der Waals surface area contributed by atoms with Gasteiger partial charge in [0.15, 0.2) is 5.16 Å². The third-order valence-electron chi connectivity index (χ3n) is 1.54. The standard InChI is InChI=1S/C9H10N2O3S/c1-14-8-6(3-4-7(12)13)5-10-9(11-8)15-2/h3-5H,1-2H3,(H,12,13)/b4-3+. The fraction of sp³-hybridized carbons (Fsp3) is 0.222. The molecule has 80 valence electrons. The van der Waals surface area contributed by atoms with Gasteiger partial charge in [-0.15, -0.1) is 0 Å². The highest BCUT2D eigenvalue weighted by Gasteiger charge is 2.04. The average Bonchev–Trinajstić information content (AvgIpc) is 2.25. The Morgan fingerprint density at radius 2 is 2.40 bits per heavy atom. The predicted octanol–water partition coefficient (Wildman–Crippen LogP) is 1.30. The van der Waals surface area contributed by atoms with Crippen LogP contribution in [0, 0.1) is 0 Å². The van der Waals surface area contributed by atoms with Crippen molar-refractivity contribution in [3.8, 4) is 5.88 Å². The molecule has 0 saturated carbocycles. The summed E-state index contributed by atoms with van der Waals surface area (Å²) in [7, 11) is 1.48. The third kappa shape index (κ3) is 3.25. The van der Waals surface area contributed by atoms with Gasteiger partial charge in [-0.25, -0.2) is 9.78 Å². The number of hydrogen-bond acceptors (Lipinski definition) is 5. The Morgan fingerprint density at radius 3 is 2.93 bits per heavy atom. The second-order valence-corrected chi connectivity index (χ2v) is 3.27. The van der Waals surface area contributed by atoms with Gasteiger partial charge in [-0.2, -0.15) is 4.98 Å². The molecule has 0 unspecified atom stereocenters. The van der Waals surface area contributed by atoms with Gasteiger partial charge in [-0.1, -0.05) is 11.8 Å². The lowest BCUT2D eigenvalue weighted by atomic mass is 10.3. The molecule has 0 atom stereocenters. The molecule has 1 aromatic heterocycles. The number of methoxy groups -OCH3 is 1. The molecule has 0 spiro atoms. The molecule has 0 fully saturated rings. The Bertz CT molecular complexity index is 393. The molecule has 0 aliphatic rings. The molecule has 5 nitrogen and oxygen atoms in total. The number of nitrogens with zero attached hydrogens (tertiary/aromatic N) is 2. The summed E-state index contributed by atoms with van der Waals surface area (Å²) in [5.74, 6) is -0.655. The van der Waals surface area contributed by atoms with Gasteiger partial charge in [0.25, 0.3) is 0 Å². The zero-order valence-corrected chi connectivity index (χ0v) is 9.11. The molecule has 6 heteroatoms. The summed E-state index contributed by atoms with van der Waals surface area (Å²) < 4.78 is 5.01. The van der Waals surface area contributed by atoms with E-state index in [0.29, 0.717) is 16.6 Å². The van der Waals surface area contributed by atoms with Gasteiger partial charge in [0.05, 0.1) is 12.7 Å². The van der Waals surface area contributed by atoms with Crippen molar-refractivity contribution in [3.05, 3.63) is 17.8 Å². The van der Waals surface area contributed by atoms with Gasteiger partial charge in [0.2, 0.25) is 5.88 Å². The van der Waals surface area contributed by atoms with Crippen LogP contribution >= 0.6 is 11.8 Å². The van der Waals surface area contributed by atoms with Crippen molar-refractivity contribution < 1.29 is 14.6 Å². The number of ether oxygens (including phenoxy) is 1. The predicted molar refractivity (Wildman–Crippen MR) is 57.0 cm³/mol. The molecule has 0 aliphatic carbocycles. The van der Waals surface area contributed by atoms with E-state index < -0.39 is 5.97 Å². The normalized spacial score (nSPS) is 10.5. The number of hydrogen-bond donors (Lipinski definition) is 1. The van der Waals surface area contributed by atoms with Crippen LogP contribution in [0.1, 0.15) is 5.56 Å². The van der Waals surface area contributed by atoms with Crippen LogP contribution in [-0.2, 0) is 4.79 Å². The molecule has 1 N–H and O–H groups in total. The first-order valence-corrected chi connectivity index (χ1v) is 5.26. The summed E-state index contributed by atoms with van der Waals surface area (Å²) in [6, 6.07) is 0. The Kier molecular flexibility index (Phi) is 4.11. The summed E-state index contributed by atoms with van der Waals surface area (Å²) in [6.07, 6.45) is 5.78. The lowest BCUT2D eigenvalue weighted by Gasteiger charge is -2.03. The van der Waals surface area contributed by atoms with Gasteiger partial charge in [0, 0.05) is 12.3 Å². The zero-order valence-electron chi connectivity index (χ0n) is 8.30. The molecular formula is C9H10N2O3S. The lowest BCUT2D eigenvalue weighted by Crippen LogP contribution is -1.95. The number of aromatic nitrogens is 2. The molecule has 0 aromatic carbocycles. The molecule has 0 radical (unpaired) electrons. The minimum atomic E-state index is -1.02. The van der Waals surface area contributed by atoms with Crippen LogP contribution in [-0.4, -0.2) is 34.4 Å². The van der Waals surface area contributed by atoms with Gasteiger partial charge >= 0.3 is 5.97 Å². The van der Waals surface area contributed by atoms with E-state index in [1.165, 1.54) is 31.1 Å². The number of carboxylic acid groups (broad SMARTS) is 1. The second kappa shape index (κ2) is 5.35. The minimum absolute atomic E-state index is 0.367. The van der Waals surface area contributed by atoms with Gasteiger partial charge in [-0.3, -0.25) is 0 Å². The molecule has 1 heterocycles. The first-order valence-electron chi connectivity index (χ1n) is 4.03. The van der Waals surface area contributed by atoms with Crippen molar-refractivity contribution in [2.45, 2.75) is 5.16 Å². The van der Waals surface area contributed by atoms with E-state index in [0.717, 1.165) is 6.08 Å². The minimum Gasteiger partial charge on any atom is -0.480 e. The van der Waals surface area contributed by atoms with E-state index in [1.807, 2.05) is 6.26 Å². The Labute approximate surface area is 91.2 Å². The van der Waals surface area contributed by atoms with Crippen molar-refractivity contribution in [2.75, 3.05) is 13.4 Å². The van der Waals surface area contributed by atoms with Crippen LogP contribution in [0.4, 0.5) is 0 Å². The van der Waals surface area contributed by atoms with Crippen molar-refractivity contribution in [1.82, 2.24) is 9.97 Å². The number of thioether (sulfide) groups is 1. The van der Waals surface area contributed by atoms with Crippen LogP contribution in [0.5, 0.6) is 5.88 Å². The maximum Gasteiger partial charge on any atom is 0.328 e. The number of aliphatic carboxylic acids is 1. The summed E-state index contributed by atoms with van der Waals surface area (Å²) in [5, 5.41) is 9.05. The SMILES string of the molecule is COc1nc(SC)ncc1/C=C/C(=O)O. The summed E-state index contributed by atoms with van der Waals surface area (Å²) in [5.41, 5.74) is 0.540. The van der Waals surface area contributed by atoms with Crippen molar-refractivity contribution >= 4 is 23.8 Å². The van der Waals surface area contributed by atoms with Crippen molar-refractivity contribution in [1.29, 1.82) is 0 Å². The molecule has 0 amide bonds. The fourth-order valence-corrected chi connectivity index (χ4v) is 1.23. The summed E-state index contributed by atoms with van der Waals surface area (Å²) in [6.45, 7) is 0. The highest BCUT2D eigenvalue weighted by Crippen LogP contribution is 2.19. The van der Waals surface area contributed by atoms with Gasteiger partial charge in [-0.05, 0) is 12.3 Å². The summed E-state index contributed by atoms with van der Waals surface area (Å²) in [4.78, 5) is 18.4. The van der Waals surface area contributed by atoms with E-state index >= 15 is 0 Å². The Balaban J connectivity index is 3.02. The monoisotopic (exact) mass is 226 g/mol. The zero-order chi connectivity index (χ0) is 11.3. The molecular weight excluding hydrogens is 216 g/mol. The van der Waals surface area contributed by atoms with Crippen molar-refractivity contribution in [2.24, 2.45) is 0 Å². The van der Waals surface area contributed by atoms with E-state index in [9.17, 15) is 4.79 Å². The maximum absolute atomic E-state index is 10.3. The Morgan fingerprint density at radius 1 is 1.67 bits per heavy atom.